The molecule has 0 fully saturated rings. The Morgan fingerprint density at radius 2 is 0.844 bits per heavy atom. The summed E-state index contributed by atoms with van der Waals surface area (Å²) in [7, 11) is 0. The standard InChI is InChI=1S/C43H29NO/c1-2-12-29(13-3-1)33-14-4-5-15-34(33)30-22-24-31(25-23-30)44-32-26-27-40-42(28-32)45-41-21-11-10-20-39(41)43(40)37-18-8-6-16-35(37)36-17-7-9-19-38(36)43/h1-28,44H. The minimum atomic E-state index is -0.441. The fraction of sp³-hybridized carbons (Fsp3) is 0.0233. The molecule has 0 atom stereocenters. The fourth-order valence-electron chi connectivity index (χ4n) is 7.44. The Balaban J connectivity index is 1.10. The van der Waals surface area contributed by atoms with Crippen molar-refractivity contribution in [3.8, 4) is 44.9 Å². The molecule has 1 aliphatic heterocycles. The van der Waals surface area contributed by atoms with Gasteiger partial charge in [0.2, 0.25) is 0 Å². The number of fused-ring (bicyclic) bond motifs is 9. The number of ether oxygens (including phenoxy) is 1. The van der Waals surface area contributed by atoms with Gasteiger partial charge in [-0.3, -0.25) is 0 Å². The molecule has 0 radical (unpaired) electrons. The van der Waals surface area contributed by atoms with Crippen molar-refractivity contribution in [2.24, 2.45) is 0 Å². The van der Waals surface area contributed by atoms with E-state index in [0.717, 1.165) is 28.4 Å². The van der Waals surface area contributed by atoms with Crippen LogP contribution in [0.5, 0.6) is 11.5 Å². The molecule has 2 aliphatic rings. The second-order valence-corrected chi connectivity index (χ2v) is 11.8. The third kappa shape index (κ3) is 3.89. The smallest absolute Gasteiger partial charge is 0.134 e. The second-order valence-electron chi connectivity index (χ2n) is 11.8. The summed E-state index contributed by atoms with van der Waals surface area (Å²) in [6, 6.07) is 60.6. The highest BCUT2D eigenvalue weighted by atomic mass is 16.5. The Morgan fingerprint density at radius 3 is 1.51 bits per heavy atom. The first-order chi connectivity index (χ1) is 22.3. The van der Waals surface area contributed by atoms with Crippen molar-refractivity contribution in [1.29, 1.82) is 0 Å². The molecular formula is C43H29NO. The van der Waals surface area contributed by atoms with Crippen molar-refractivity contribution in [1.82, 2.24) is 0 Å². The van der Waals surface area contributed by atoms with Crippen LogP contribution in [0.25, 0.3) is 33.4 Å². The summed E-state index contributed by atoms with van der Waals surface area (Å²) in [5, 5.41) is 3.64. The summed E-state index contributed by atoms with van der Waals surface area (Å²) in [5.74, 6) is 1.77. The van der Waals surface area contributed by atoms with E-state index in [9.17, 15) is 0 Å². The second kappa shape index (κ2) is 10.1. The lowest BCUT2D eigenvalue weighted by molar-refractivity contribution is 0.436. The van der Waals surface area contributed by atoms with Crippen molar-refractivity contribution in [2.75, 3.05) is 5.32 Å². The van der Waals surface area contributed by atoms with Gasteiger partial charge in [0.25, 0.3) is 0 Å². The molecule has 2 nitrogen and oxygen atoms in total. The first-order valence-electron chi connectivity index (χ1n) is 15.4. The number of benzene rings is 7. The van der Waals surface area contributed by atoms with Crippen molar-refractivity contribution in [2.45, 2.75) is 5.41 Å². The molecule has 0 unspecified atom stereocenters. The van der Waals surface area contributed by atoms with Crippen LogP contribution in [0.1, 0.15) is 22.3 Å². The zero-order valence-corrected chi connectivity index (χ0v) is 24.6. The largest absolute Gasteiger partial charge is 0.457 e. The molecule has 1 N–H and O–H groups in total. The van der Waals surface area contributed by atoms with Crippen LogP contribution in [0.2, 0.25) is 0 Å². The lowest BCUT2D eigenvalue weighted by Gasteiger charge is -2.39. The van der Waals surface area contributed by atoms with Crippen molar-refractivity contribution >= 4 is 11.4 Å². The topological polar surface area (TPSA) is 21.3 Å². The van der Waals surface area contributed by atoms with E-state index in [1.807, 2.05) is 0 Å². The van der Waals surface area contributed by atoms with Crippen molar-refractivity contribution < 1.29 is 4.74 Å². The fourth-order valence-corrected chi connectivity index (χ4v) is 7.44. The van der Waals surface area contributed by atoms with E-state index < -0.39 is 5.41 Å². The molecule has 0 amide bonds. The van der Waals surface area contributed by atoms with Gasteiger partial charge in [0.05, 0.1) is 5.41 Å². The molecule has 0 bridgehead atoms. The van der Waals surface area contributed by atoms with Gasteiger partial charge in [0.1, 0.15) is 11.5 Å². The van der Waals surface area contributed by atoms with Crippen LogP contribution in [0.4, 0.5) is 11.4 Å². The predicted octanol–water partition coefficient (Wildman–Crippen LogP) is 11.2. The number of hydrogen-bond acceptors (Lipinski definition) is 2. The molecule has 7 aromatic carbocycles. The van der Waals surface area contributed by atoms with Crippen LogP contribution < -0.4 is 10.1 Å². The Bertz CT molecular complexity index is 2170. The zero-order valence-electron chi connectivity index (χ0n) is 24.6. The van der Waals surface area contributed by atoms with Gasteiger partial charge in [-0.05, 0) is 68.8 Å². The van der Waals surface area contributed by atoms with Crippen molar-refractivity contribution in [3.63, 3.8) is 0 Å². The summed E-state index contributed by atoms with van der Waals surface area (Å²) in [4.78, 5) is 0. The third-order valence-electron chi connectivity index (χ3n) is 9.35. The van der Waals surface area contributed by atoms with Crippen LogP contribution in [-0.2, 0) is 5.41 Å². The Morgan fingerprint density at radius 1 is 0.356 bits per heavy atom. The van der Waals surface area contributed by atoms with Crippen LogP contribution in [0.3, 0.4) is 0 Å². The highest BCUT2D eigenvalue weighted by Gasteiger charge is 2.50. The number of hydrogen-bond donors (Lipinski definition) is 1. The predicted molar refractivity (Wildman–Crippen MR) is 184 cm³/mol. The Kier molecular flexibility index (Phi) is 5.76. The molecule has 7 aromatic rings. The highest BCUT2D eigenvalue weighted by Crippen LogP contribution is 2.62. The molecular weight excluding hydrogens is 546 g/mol. The van der Waals surface area contributed by atoms with E-state index in [1.165, 1.54) is 50.1 Å². The lowest BCUT2D eigenvalue weighted by atomic mass is 9.66. The van der Waals surface area contributed by atoms with Crippen LogP contribution in [-0.4, -0.2) is 0 Å². The molecule has 1 spiro atoms. The van der Waals surface area contributed by atoms with Crippen LogP contribution in [0.15, 0.2) is 170 Å². The van der Waals surface area contributed by atoms with Gasteiger partial charge >= 0.3 is 0 Å². The van der Waals surface area contributed by atoms with E-state index in [0.29, 0.717) is 0 Å². The maximum atomic E-state index is 6.66. The number of para-hydroxylation sites is 1. The van der Waals surface area contributed by atoms with Crippen LogP contribution in [0, 0.1) is 0 Å². The average molecular weight is 576 g/mol. The molecule has 0 aromatic heterocycles. The Labute approximate surface area is 263 Å². The van der Waals surface area contributed by atoms with E-state index >= 15 is 0 Å². The number of nitrogens with one attached hydrogen (secondary N) is 1. The summed E-state index contributed by atoms with van der Waals surface area (Å²) in [6.45, 7) is 0. The van der Waals surface area contributed by atoms with Gasteiger partial charge in [-0.15, -0.1) is 0 Å². The minimum Gasteiger partial charge on any atom is -0.457 e. The van der Waals surface area contributed by atoms with E-state index in [-0.39, 0.29) is 0 Å². The van der Waals surface area contributed by atoms with Gasteiger partial charge in [0, 0.05) is 28.6 Å². The normalized spacial score (nSPS) is 13.2. The monoisotopic (exact) mass is 575 g/mol. The molecule has 9 rings (SSSR count). The summed E-state index contributed by atoms with van der Waals surface area (Å²) in [5.41, 5.74) is 13.9. The zero-order chi connectivity index (χ0) is 29.8. The molecule has 0 saturated carbocycles. The SMILES string of the molecule is c1ccc(-c2ccccc2-c2ccc(Nc3ccc4c(c3)Oc3ccccc3C43c4ccccc4-c4ccccc43)cc2)cc1. The van der Waals surface area contributed by atoms with Gasteiger partial charge in [0.15, 0.2) is 0 Å². The maximum absolute atomic E-state index is 6.66. The first-order valence-corrected chi connectivity index (χ1v) is 15.4. The molecule has 0 saturated heterocycles. The molecule has 1 aliphatic carbocycles. The van der Waals surface area contributed by atoms with E-state index in [4.69, 9.17) is 4.74 Å². The van der Waals surface area contributed by atoms with Crippen molar-refractivity contribution in [3.05, 3.63) is 192 Å². The quantitative estimate of drug-likeness (QED) is 0.225. The number of anilines is 2. The average Bonchev–Trinajstić information content (AvgIpc) is 3.40. The molecule has 45 heavy (non-hydrogen) atoms. The van der Waals surface area contributed by atoms with Gasteiger partial charge in [-0.1, -0.05) is 140 Å². The molecule has 212 valence electrons. The summed E-state index contributed by atoms with van der Waals surface area (Å²) >= 11 is 0. The summed E-state index contributed by atoms with van der Waals surface area (Å²) < 4.78 is 6.66. The number of rotatable bonds is 4. The maximum Gasteiger partial charge on any atom is 0.134 e. The van der Waals surface area contributed by atoms with Gasteiger partial charge < -0.3 is 10.1 Å². The third-order valence-corrected chi connectivity index (χ3v) is 9.35. The summed E-state index contributed by atoms with van der Waals surface area (Å²) in [6.07, 6.45) is 0. The van der Waals surface area contributed by atoms with E-state index in [2.05, 4.69) is 175 Å². The first kappa shape index (κ1) is 25.6. The molecule has 1 heterocycles. The highest BCUT2D eigenvalue weighted by molar-refractivity contribution is 5.89. The van der Waals surface area contributed by atoms with E-state index in [1.54, 1.807) is 0 Å². The van der Waals surface area contributed by atoms with Gasteiger partial charge in [-0.2, -0.15) is 0 Å². The van der Waals surface area contributed by atoms with Gasteiger partial charge in [-0.25, -0.2) is 0 Å². The minimum absolute atomic E-state index is 0.441. The molecule has 2 heteroatoms. The lowest BCUT2D eigenvalue weighted by Crippen LogP contribution is -2.32. The Hall–Kier alpha value is -5.86. The van der Waals surface area contributed by atoms with Crippen LogP contribution >= 0.6 is 0 Å².